The van der Waals surface area contributed by atoms with Crippen LogP contribution in [0.2, 0.25) is 0 Å². The molecule has 2 aromatic rings. The first-order chi connectivity index (χ1) is 11.7. The Balaban J connectivity index is 1.58. The SMILES string of the molecule is CCc1ccc(NC(=O)c2cnc(NC3CCCCC3)cn2)cc1. The van der Waals surface area contributed by atoms with Crippen molar-refractivity contribution < 1.29 is 4.79 Å². The highest BCUT2D eigenvalue weighted by Gasteiger charge is 2.14. The molecule has 1 aliphatic carbocycles. The molecule has 1 aliphatic rings. The Kier molecular flexibility index (Phi) is 5.41. The summed E-state index contributed by atoms with van der Waals surface area (Å²) in [5, 5.41) is 6.25. The van der Waals surface area contributed by atoms with Crippen LogP contribution in [0.4, 0.5) is 11.5 Å². The third-order valence-corrected chi connectivity index (χ3v) is 4.46. The maximum Gasteiger partial charge on any atom is 0.275 e. The summed E-state index contributed by atoms with van der Waals surface area (Å²) >= 11 is 0. The van der Waals surface area contributed by atoms with Crippen LogP contribution in [0.25, 0.3) is 0 Å². The minimum atomic E-state index is -0.240. The van der Waals surface area contributed by atoms with Crippen molar-refractivity contribution in [3.8, 4) is 0 Å². The van der Waals surface area contributed by atoms with Crippen molar-refractivity contribution in [2.45, 2.75) is 51.5 Å². The zero-order valence-electron chi connectivity index (χ0n) is 14.1. The molecule has 3 rings (SSSR count). The van der Waals surface area contributed by atoms with Crippen LogP contribution in [0.1, 0.15) is 55.1 Å². The Morgan fingerprint density at radius 2 is 1.83 bits per heavy atom. The second-order valence-electron chi connectivity index (χ2n) is 6.27. The van der Waals surface area contributed by atoms with E-state index < -0.39 is 0 Å². The molecule has 0 bridgehead atoms. The highest BCUT2D eigenvalue weighted by atomic mass is 16.1. The third-order valence-electron chi connectivity index (χ3n) is 4.46. The lowest BCUT2D eigenvalue weighted by atomic mass is 9.96. The summed E-state index contributed by atoms with van der Waals surface area (Å²) in [5.41, 5.74) is 2.33. The molecular weight excluding hydrogens is 300 g/mol. The number of anilines is 2. The van der Waals surface area contributed by atoms with Gasteiger partial charge >= 0.3 is 0 Å². The van der Waals surface area contributed by atoms with Crippen LogP contribution in [0, 0.1) is 0 Å². The number of hydrogen-bond acceptors (Lipinski definition) is 4. The monoisotopic (exact) mass is 324 g/mol. The summed E-state index contributed by atoms with van der Waals surface area (Å²) < 4.78 is 0. The van der Waals surface area contributed by atoms with Gasteiger partial charge in [-0.2, -0.15) is 0 Å². The first-order valence-corrected chi connectivity index (χ1v) is 8.73. The minimum Gasteiger partial charge on any atom is -0.366 e. The van der Waals surface area contributed by atoms with E-state index in [9.17, 15) is 4.79 Å². The van der Waals surface area contributed by atoms with Gasteiger partial charge in [0, 0.05) is 11.7 Å². The van der Waals surface area contributed by atoms with Crippen molar-refractivity contribution in [1.29, 1.82) is 0 Å². The number of nitrogens with one attached hydrogen (secondary N) is 2. The van der Waals surface area contributed by atoms with E-state index in [-0.39, 0.29) is 5.91 Å². The van der Waals surface area contributed by atoms with Crippen LogP contribution >= 0.6 is 0 Å². The van der Waals surface area contributed by atoms with E-state index in [2.05, 4.69) is 27.5 Å². The minimum absolute atomic E-state index is 0.240. The van der Waals surface area contributed by atoms with Gasteiger partial charge < -0.3 is 10.6 Å². The quantitative estimate of drug-likeness (QED) is 0.871. The van der Waals surface area contributed by atoms with E-state index >= 15 is 0 Å². The molecule has 0 saturated heterocycles. The number of benzene rings is 1. The van der Waals surface area contributed by atoms with Crippen molar-refractivity contribution in [3.05, 3.63) is 47.9 Å². The summed E-state index contributed by atoms with van der Waals surface area (Å²) in [7, 11) is 0. The largest absolute Gasteiger partial charge is 0.366 e. The van der Waals surface area contributed by atoms with Crippen molar-refractivity contribution in [3.63, 3.8) is 0 Å². The number of hydrogen-bond donors (Lipinski definition) is 2. The number of aryl methyl sites for hydroxylation is 1. The molecule has 5 nitrogen and oxygen atoms in total. The molecule has 1 amide bonds. The Hall–Kier alpha value is -2.43. The van der Waals surface area contributed by atoms with Crippen LogP contribution in [0.5, 0.6) is 0 Å². The normalized spacial score (nSPS) is 15.0. The molecule has 2 N–H and O–H groups in total. The molecule has 1 saturated carbocycles. The number of amides is 1. The molecule has 0 spiro atoms. The summed E-state index contributed by atoms with van der Waals surface area (Å²) in [4.78, 5) is 20.8. The fourth-order valence-electron chi connectivity index (χ4n) is 2.99. The van der Waals surface area contributed by atoms with Crippen molar-refractivity contribution in [1.82, 2.24) is 9.97 Å². The van der Waals surface area contributed by atoms with Crippen LogP contribution in [-0.2, 0) is 6.42 Å². The molecule has 1 fully saturated rings. The average Bonchev–Trinajstić information content (AvgIpc) is 2.64. The zero-order chi connectivity index (χ0) is 16.8. The van der Waals surface area contributed by atoms with Gasteiger partial charge in [-0.25, -0.2) is 9.97 Å². The molecule has 0 aliphatic heterocycles. The van der Waals surface area contributed by atoms with Gasteiger partial charge in [-0.1, -0.05) is 38.3 Å². The molecule has 126 valence electrons. The first-order valence-electron chi connectivity index (χ1n) is 8.73. The van der Waals surface area contributed by atoms with E-state index in [0.29, 0.717) is 11.7 Å². The number of aromatic nitrogens is 2. The number of carbonyl (C=O) groups is 1. The predicted molar refractivity (Wildman–Crippen MR) is 96.3 cm³/mol. The van der Waals surface area contributed by atoms with Gasteiger partial charge in [0.05, 0.1) is 12.4 Å². The molecular formula is C19H24N4O. The van der Waals surface area contributed by atoms with E-state index in [1.54, 1.807) is 6.20 Å². The molecule has 0 atom stereocenters. The lowest BCUT2D eigenvalue weighted by Crippen LogP contribution is -2.23. The smallest absolute Gasteiger partial charge is 0.275 e. The highest BCUT2D eigenvalue weighted by Crippen LogP contribution is 2.20. The second kappa shape index (κ2) is 7.90. The Bertz CT molecular complexity index is 661. The molecule has 1 aromatic heterocycles. The van der Waals surface area contributed by atoms with Gasteiger partial charge in [-0.3, -0.25) is 4.79 Å². The van der Waals surface area contributed by atoms with Gasteiger partial charge in [-0.15, -0.1) is 0 Å². The molecule has 0 unspecified atom stereocenters. The summed E-state index contributed by atoms with van der Waals surface area (Å²) in [5.74, 6) is 0.502. The Morgan fingerprint density at radius 1 is 1.08 bits per heavy atom. The van der Waals surface area contributed by atoms with Crippen molar-refractivity contribution >= 4 is 17.4 Å². The number of nitrogens with zero attached hydrogens (tertiary/aromatic N) is 2. The fourth-order valence-corrected chi connectivity index (χ4v) is 2.99. The van der Waals surface area contributed by atoms with Crippen LogP contribution in [-0.4, -0.2) is 21.9 Å². The first kappa shape index (κ1) is 16.4. The molecule has 24 heavy (non-hydrogen) atoms. The summed E-state index contributed by atoms with van der Waals surface area (Å²) in [6.45, 7) is 2.10. The zero-order valence-corrected chi connectivity index (χ0v) is 14.1. The standard InChI is InChI=1S/C19H24N4O/c1-2-14-8-10-16(11-9-14)23-19(24)17-12-21-18(13-20-17)22-15-6-4-3-5-7-15/h8-13,15H,2-7H2,1H3,(H,21,22)(H,23,24). The van der Waals surface area contributed by atoms with Gasteiger partial charge in [-0.05, 0) is 37.0 Å². The predicted octanol–water partition coefficient (Wildman–Crippen LogP) is 4.04. The topological polar surface area (TPSA) is 66.9 Å². The molecule has 1 aromatic carbocycles. The molecule has 0 radical (unpaired) electrons. The van der Waals surface area contributed by atoms with Gasteiger partial charge in [0.15, 0.2) is 0 Å². The van der Waals surface area contributed by atoms with E-state index in [0.717, 1.165) is 17.9 Å². The fraction of sp³-hybridized carbons (Fsp3) is 0.421. The lowest BCUT2D eigenvalue weighted by molar-refractivity contribution is 0.102. The second-order valence-corrected chi connectivity index (χ2v) is 6.27. The maximum atomic E-state index is 12.2. The summed E-state index contributed by atoms with van der Waals surface area (Å²) in [6, 6.07) is 8.31. The van der Waals surface area contributed by atoms with Crippen LogP contribution in [0.15, 0.2) is 36.7 Å². The van der Waals surface area contributed by atoms with Crippen LogP contribution < -0.4 is 10.6 Å². The molecule has 1 heterocycles. The highest BCUT2D eigenvalue weighted by molar-refractivity contribution is 6.02. The lowest BCUT2D eigenvalue weighted by Gasteiger charge is -2.23. The summed E-state index contributed by atoms with van der Waals surface area (Å²) in [6.07, 6.45) is 10.4. The van der Waals surface area contributed by atoms with E-state index in [4.69, 9.17) is 0 Å². The Labute approximate surface area is 142 Å². The van der Waals surface area contributed by atoms with Crippen molar-refractivity contribution in [2.24, 2.45) is 0 Å². The number of carbonyl (C=O) groups excluding carboxylic acids is 1. The van der Waals surface area contributed by atoms with Gasteiger partial charge in [0.25, 0.3) is 5.91 Å². The van der Waals surface area contributed by atoms with Gasteiger partial charge in [0.2, 0.25) is 0 Å². The molecule has 5 heteroatoms. The maximum absolute atomic E-state index is 12.2. The van der Waals surface area contributed by atoms with Gasteiger partial charge in [0.1, 0.15) is 11.5 Å². The van der Waals surface area contributed by atoms with E-state index in [1.165, 1.54) is 43.9 Å². The van der Waals surface area contributed by atoms with E-state index in [1.807, 2.05) is 24.3 Å². The number of rotatable bonds is 5. The van der Waals surface area contributed by atoms with Crippen molar-refractivity contribution in [2.75, 3.05) is 10.6 Å². The van der Waals surface area contributed by atoms with Crippen LogP contribution in [0.3, 0.4) is 0 Å². The third kappa shape index (κ3) is 4.31. The average molecular weight is 324 g/mol. The Morgan fingerprint density at radius 3 is 2.46 bits per heavy atom.